The first kappa shape index (κ1) is 15.0. The van der Waals surface area contributed by atoms with Crippen molar-refractivity contribution in [2.45, 2.75) is 4.90 Å². The Morgan fingerprint density at radius 2 is 2.00 bits per heavy atom. The molecule has 0 aliphatic carbocycles. The Kier molecular flexibility index (Phi) is 3.97. The number of sulfonamides is 1. The van der Waals surface area contributed by atoms with Crippen LogP contribution in [0.3, 0.4) is 0 Å². The number of benzene rings is 1. The molecule has 1 aromatic heterocycles. The Bertz CT molecular complexity index is 970. The molecule has 0 saturated heterocycles. The fraction of sp³-hybridized carbons (Fsp3) is 0.0667. The van der Waals surface area contributed by atoms with Crippen LogP contribution in [0.1, 0.15) is 16.7 Å². The van der Waals surface area contributed by atoms with Crippen LogP contribution in [0.5, 0.6) is 0 Å². The Morgan fingerprint density at radius 3 is 2.65 bits per heavy atom. The van der Waals surface area contributed by atoms with Gasteiger partial charge in [-0.1, -0.05) is 17.9 Å². The molecule has 1 aromatic carbocycles. The Hall–Kier alpha value is -2.89. The second-order valence-electron chi connectivity index (χ2n) is 4.58. The van der Waals surface area contributed by atoms with Crippen LogP contribution in [0, 0.1) is 11.8 Å². The van der Waals surface area contributed by atoms with E-state index >= 15 is 0 Å². The lowest BCUT2D eigenvalue weighted by molar-refractivity contribution is 0.597. The minimum atomic E-state index is -3.94. The summed E-state index contributed by atoms with van der Waals surface area (Å²) in [5.41, 5.74) is 1.43. The number of nitrogens with two attached hydrogens (primary N) is 1. The summed E-state index contributed by atoms with van der Waals surface area (Å²) in [7, 11) is -3.94. The summed E-state index contributed by atoms with van der Waals surface area (Å²) in [5, 5.41) is 12.9. The fourth-order valence-electron chi connectivity index (χ4n) is 2.04. The van der Waals surface area contributed by atoms with Crippen LogP contribution in [-0.4, -0.2) is 25.9 Å². The molecule has 23 heavy (non-hydrogen) atoms. The number of hydrogen-bond donors (Lipinski definition) is 1. The molecule has 0 spiro atoms. The third-order valence-corrected chi connectivity index (χ3v) is 3.96. The summed E-state index contributed by atoms with van der Waals surface area (Å²) in [5.74, 6) is 6.07. The van der Waals surface area contributed by atoms with E-state index in [1.165, 1.54) is 6.07 Å². The normalized spacial score (nSPS) is 13.3. The van der Waals surface area contributed by atoms with Gasteiger partial charge in [0.15, 0.2) is 12.5 Å². The number of nitrogens with zero attached hydrogens (tertiary/aromatic N) is 4. The van der Waals surface area contributed by atoms with E-state index < -0.39 is 10.0 Å². The zero-order valence-corrected chi connectivity index (χ0v) is 12.7. The van der Waals surface area contributed by atoms with E-state index in [0.29, 0.717) is 11.1 Å². The standard InChI is InChI=1S/C15H11N5O2S/c16-23(21,22)13-5-1-4-12(14(13)15-18-10-19-20-15)7-6-11-3-2-8-17-9-11/h1-5,8-9H,10H2,(H2,16,21,22). The van der Waals surface area contributed by atoms with Crippen molar-refractivity contribution in [2.24, 2.45) is 20.4 Å². The minimum absolute atomic E-state index is 0.0740. The average molecular weight is 325 g/mol. The first-order chi connectivity index (χ1) is 11.1. The molecule has 8 heteroatoms. The van der Waals surface area contributed by atoms with Crippen LogP contribution in [0.25, 0.3) is 0 Å². The summed E-state index contributed by atoms with van der Waals surface area (Å²) in [4.78, 5) is 7.98. The molecule has 3 rings (SSSR count). The SMILES string of the molecule is NS(=O)(=O)c1cccc(C#Cc2cccnc2)c1C1=NCN=N1. The van der Waals surface area contributed by atoms with Gasteiger partial charge in [-0.3, -0.25) is 4.98 Å². The average Bonchev–Trinajstić information content (AvgIpc) is 3.07. The van der Waals surface area contributed by atoms with Gasteiger partial charge in [-0.05, 0) is 24.3 Å². The highest BCUT2D eigenvalue weighted by Crippen LogP contribution is 2.22. The van der Waals surface area contributed by atoms with Crippen molar-refractivity contribution in [1.82, 2.24) is 4.98 Å². The van der Waals surface area contributed by atoms with Gasteiger partial charge in [0.1, 0.15) is 0 Å². The second-order valence-corrected chi connectivity index (χ2v) is 6.11. The maximum absolute atomic E-state index is 11.8. The Labute approximate surface area is 133 Å². The predicted molar refractivity (Wildman–Crippen MR) is 84.3 cm³/mol. The highest BCUT2D eigenvalue weighted by Gasteiger charge is 2.22. The van der Waals surface area contributed by atoms with Crippen molar-refractivity contribution in [2.75, 3.05) is 6.67 Å². The van der Waals surface area contributed by atoms with Crippen molar-refractivity contribution in [1.29, 1.82) is 0 Å². The maximum Gasteiger partial charge on any atom is 0.238 e. The number of hydrogen-bond acceptors (Lipinski definition) is 6. The largest absolute Gasteiger partial charge is 0.263 e. The van der Waals surface area contributed by atoms with E-state index in [4.69, 9.17) is 5.14 Å². The number of primary sulfonamides is 1. The van der Waals surface area contributed by atoms with Crippen LogP contribution in [0.4, 0.5) is 0 Å². The van der Waals surface area contributed by atoms with E-state index in [1.54, 1.807) is 36.7 Å². The highest BCUT2D eigenvalue weighted by molar-refractivity contribution is 7.89. The summed E-state index contributed by atoms with van der Waals surface area (Å²) < 4.78 is 23.7. The zero-order chi connectivity index (χ0) is 16.3. The van der Waals surface area contributed by atoms with E-state index in [1.807, 2.05) is 0 Å². The molecular weight excluding hydrogens is 314 g/mol. The fourth-order valence-corrected chi connectivity index (χ4v) is 2.79. The van der Waals surface area contributed by atoms with Crippen LogP contribution >= 0.6 is 0 Å². The van der Waals surface area contributed by atoms with Crippen LogP contribution in [-0.2, 0) is 10.0 Å². The Morgan fingerprint density at radius 1 is 1.13 bits per heavy atom. The molecule has 1 aliphatic rings. The summed E-state index contributed by atoms with van der Waals surface area (Å²) >= 11 is 0. The molecule has 0 amide bonds. The predicted octanol–water partition coefficient (Wildman–Crippen LogP) is 1.30. The Balaban J connectivity index is 2.18. The number of aliphatic imine (C=N–C) groups is 1. The number of azo groups is 1. The number of amidine groups is 1. The lowest BCUT2D eigenvalue weighted by atomic mass is 10.1. The molecule has 0 saturated carbocycles. The first-order valence-electron chi connectivity index (χ1n) is 6.56. The first-order valence-corrected chi connectivity index (χ1v) is 8.10. The van der Waals surface area contributed by atoms with Crippen LogP contribution in [0.2, 0.25) is 0 Å². The molecule has 1 aliphatic heterocycles. The van der Waals surface area contributed by atoms with Gasteiger partial charge in [0.05, 0.1) is 10.5 Å². The van der Waals surface area contributed by atoms with Gasteiger partial charge in [-0.2, -0.15) is 5.11 Å². The van der Waals surface area contributed by atoms with Gasteiger partial charge in [0.25, 0.3) is 0 Å². The second kappa shape index (κ2) is 6.08. The molecular formula is C15H11N5O2S. The monoisotopic (exact) mass is 325 g/mol. The smallest absolute Gasteiger partial charge is 0.238 e. The summed E-state index contributed by atoms with van der Waals surface area (Å²) in [6, 6.07) is 8.22. The molecule has 114 valence electrons. The van der Waals surface area contributed by atoms with Gasteiger partial charge >= 0.3 is 0 Å². The lowest BCUT2D eigenvalue weighted by Gasteiger charge is -2.07. The molecule has 0 fully saturated rings. The molecule has 2 aromatic rings. The van der Waals surface area contributed by atoms with Crippen molar-refractivity contribution in [3.05, 3.63) is 59.4 Å². The van der Waals surface area contributed by atoms with Gasteiger partial charge in [-0.15, -0.1) is 5.11 Å². The van der Waals surface area contributed by atoms with Crippen molar-refractivity contribution >= 4 is 15.9 Å². The molecule has 0 bridgehead atoms. The van der Waals surface area contributed by atoms with E-state index in [9.17, 15) is 8.42 Å². The van der Waals surface area contributed by atoms with Crippen molar-refractivity contribution in [3.8, 4) is 11.8 Å². The van der Waals surface area contributed by atoms with Crippen molar-refractivity contribution in [3.63, 3.8) is 0 Å². The number of rotatable bonds is 2. The molecule has 2 heterocycles. The van der Waals surface area contributed by atoms with E-state index in [-0.39, 0.29) is 23.0 Å². The third kappa shape index (κ3) is 3.31. The zero-order valence-electron chi connectivity index (χ0n) is 11.8. The van der Waals surface area contributed by atoms with E-state index in [2.05, 4.69) is 32.0 Å². The molecule has 2 N–H and O–H groups in total. The number of aromatic nitrogens is 1. The topological polar surface area (TPSA) is 110 Å². The van der Waals surface area contributed by atoms with Gasteiger partial charge < -0.3 is 0 Å². The number of pyridine rings is 1. The van der Waals surface area contributed by atoms with Gasteiger partial charge in [0, 0.05) is 23.5 Å². The summed E-state index contributed by atoms with van der Waals surface area (Å²) in [6.07, 6.45) is 3.26. The minimum Gasteiger partial charge on any atom is -0.263 e. The third-order valence-electron chi connectivity index (χ3n) is 3.01. The molecule has 7 nitrogen and oxygen atoms in total. The van der Waals surface area contributed by atoms with Gasteiger partial charge in [0.2, 0.25) is 10.0 Å². The van der Waals surface area contributed by atoms with Crippen molar-refractivity contribution < 1.29 is 8.42 Å². The molecule has 0 atom stereocenters. The lowest BCUT2D eigenvalue weighted by Crippen LogP contribution is -2.17. The van der Waals surface area contributed by atoms with Gasteiger partial charge in [-0.25, -0.2) is 18.5 Å². The van der Waals surface area contributed by atoms with Crippen LogP contribution in [0.15, 0.2) is 62.8 Å². The quantitative estimate of drug-likeness (QED) is 0.840. The highest BCUT2D eigenvalue weighted by atomic mass is 32.2. The summed E-state index contributed by atoms with van der Waals surface area (Å²) in [6.45, 7) is 0.157. The maximum atomic E-state index is 11.8. The molecule has 0 unspecified atom stereocenters. The van der Waals surface area contributed by atoms with E-state index in [0.717, 1.165) is 0 Å². The molecule has 0 radical (unpaired) electrons. The van der Waals surface area contributed by atoms with Crippen LogP contribution < -0.4 is 5.14 Å².